The molecule has 186 valence electrons. The van der Waals surface area contributed by atoms with Crippen LogP contribution >= 0.6 is 0 Å². The topological polar surface area (TPSA) is 153 Å². The second-order valence-corrected chi connectivity index (χ2v) is 13.6. The van der Waals surface area contributed by atoms with Crippen molar-refractivity contribution in [2.45, 2.75) is 62.2 Å². The standard InChI is InChI=1S/C24H27N3O6S2/c1-23(2,3)17-11-14(12-18(21(17)28)24(4,5)6)34(30,31)27-22(29)16(13-25)20-15-9-7-8-10-19(15)35(32,33)26-20/h7-12,26,28H,1-6H3,(H,27,29). The molecule has 0 radical (unpaired) electrons. The van der Waals surface area contributed by atoms with E-state index in [0.29, 0.717) is 11.1 Å². The maximum absolute atomic E-state index is 13.2. The van der Waals surface area contributed by atoms with Crippen LogP contribution in [0.3, 0.4) is 0 Å². The first-order valence-corrected chi connectivity index (χ1v) is 13.6. The van der Waals surface area contributed by atoms with Crippen LogP contribution in [0.4, 0.5) is 0 Å². The first-order chi connectivity index (χ1) is 15.9. The molecule has 35 heavy (non-hydrogen) atoms. The van der Waals surface area contributed by atoms with E-state index in [9.17, 15) is 32.0 Å². The number of hydrogen-bond acceptors (Lipinski definition) is 7. The zero-order valence-corrected chi connectivity index (χ0v) is 21.8. The Morgan fingerprint density at radius 2 is 1.54 bits per heavy atom. The molecule has 0 bridgehead atoms. The van der Waals surface area contributed by atoms with Crippen LogP contribution in [-0.2, 0) is 35.7 Å². The summed E-state index contributed by atoms with van der Waals surface area (Å²) >= 11 is 0. The Kier molecular flexibility index (Phi) is 6.29. The molecule has 0 saturated heterocycles. The normalized spacial score (nSPS) is 16.6. The van der Waals surface area contributed by atoms with Crippen LogP contribution < -0.4 is 9.44 Å². The van der Waals surface area contributed by atoms with Crippen LogP contribution in [0.2, 0.25) is 0 Å². The van der Waals surface area contributed by atoms with E-state index in [0.717, 1.165) is 0 Å². The molecule has 0 spiro atoms. The molecule has 11 heteroatoms. The lowest BCUT2D eigenvalue weighted by molar-refractivity contribution is -0.115. The van der Waals surface area contributed by atoms with Gasteiger partial charge in [0, 0.05) is 16.7 Å². The Bertz CT molecular complexity index is 1480. The summed E-state index contributed by atoms with van der Waals surface area (Å²) in [7, 11) is -8.51. The van der Waals surface area contributed by atoms with Gasteiger partial charge in [0.25, 0.3) is 26.0 Å². The molecule has 0 atom stereocenters. The van der Waals surface area contributed by atoms with Crippen molar-refractivity contribution in [3.05, 3.63) is 58.7 Å². The minimum Gasteiger partial charge on any atom is -0.507 e. The first-order valence-electron chi connectivity index (χ1n) is 10.6. The molecule has 0 saturated carbocycles. The number of phenolic OH excluding ortho intramolecular Hbond substituents is 1. The minimum absolute atomic E-state index is 0.0351. The summed E-state index contributed by atoms with van der Waals surface area (Å²) in [4.78, 5) is 12.6. The van der Waals surface area contributed by atoms with Gasteiger partial charge in [-0.05, 0) is 29.0 Å². The average Bonchev–Trinajstić information content (AvgIpc) is 2.97. The maximum atomic E-state index is 13.2. The molecule has 0 aromatic heterocycles. The third-order valence-electron chi connectivity index (χ3n) is 5.51. The van der Waals surface area contributed by atoms with E-state index < -0.39 is 42.4 Å². The van der Waals surface area contributed by atoms with Gasteiger partial charge in [0.2, 0.25) is 0 Å². The maximum Gasteiger partial charge on any atom is 0.277 e. The smallest absolute Gasteiger partial charge is 0.277 e. The fourth-order valence-corrected chi connectivity index (χ4v) is 6.01. The number of amides is 1. The van der Waals surface area contributed by atoms with E-state index in [1.165, 1.54) is 36.4 Å². The van der Waals surface area contributed by atoms with Crippen molar-refractivity contribution in [3.63, 3.8) is 0 Å². The molecule has 3 N–H and O–H groups in total. The molecule has 0 fully saturated rings. The minimum atomic E-state index is -4.51. The van der Waals surface area contributed by atoms with Crippen LogP contribution in [0.15, 0.2) is 51.8 Å². The fourth-order valence-electron chi connectivity index (χ4n) is 3.70. The Labute approximate surface area is 205 Å². The fraction of sp³-hybridized carbons (Fsp3) is 0.333. The van der Waals surface area contributed by atoms with Gasteiger partial charge in [-0.2, -0.15) is 5.26 Å². The van der Waals surface area contributed by atoms with Gasteiger partial charge < -0.3 is 5.11 Å². The van der Waals surface area contributed by atoms with Crippen molar-refractivity contribution in [2.75, 3.05) is 0 Å². The number of benzene rings is 2. The molecule has 0 aliphatic carbocycles. The molecule has 3 rings (SSSR count). The highest BCUT2D eigenvalue weighted by molar-refractivity contribution is 7.90. The van der Waals surface area contributed by atoms with Crippen molar-refractivity contribution in [1.82, 2.24) is 9.44 Å². The van der Waals surface area contributed by atoms with Gasteiger partial charge in [0.15, 0.2) is 0 Å². The number of nitrogens with zero attached hydrogens (tertiary/aromatic N) is 1. The molecule has 1 aliphatic rings. The van der Waals surface area contributed by atoms with E-state index in [-0.39, 0.29) is 26.8 Å². The summed E-state index contributed by atoms with van der Waals surface area (Å²) in [5.74, 6) is -1.32. The predicted molar refractivity (Wildman–Crippen MR) is 130 cm³/mol. The lowest BCUT2D eigenvalue weighted by Gasteiger charge is -2.28. The molecule has 0 unspecified atom stereocenters. The monoisotopic (exact) mass is 517 g/mol. The molecular weight excluding hydrogens is 490 g/mol. The number of fused-ring (bicyclic) bond motifs is 1. The summed E-state index contributed by atoms with van der Waals surface area (Å²) < 4.78 is 55.3. The Morgan fingerprint density at radius 3 is 2.03 bits per heavy atom. The molecule has 1 amide bonds. The number of nitriles is 1. The molecular formula is C24H27N3O6S2. The third-order valence-corrected chi connectivity index (χ3v) is 8.23. The molecule has 1 heterocycles. The number of nitrogens with one attached hydrogen (secondary N) is 2. The summed E-state index contributed by atoms with van der Waals surface area (Å²) in [5, 5.41) is 20.5. The Morgan fingerprint density at radius 1 is 1.03 bits per heavy atom. The molecule has 9 nitrogen and oxygen atoms in total. The van der Waals surface area contributed by atoms with Crippen LogP contribution in [-0.4, -0.2) is 27.8 Å². The number of phenols is 1. The van der Waals surface area contributed by atoms with Gasteiger partial charge in [-0.1, -0.05) is 59.7 Å². The summed E-state index contributed by atoms with van der Waals surface area (Å²) in [6.45, 7) is 10.9. The van der Waals surface area contributed by atoms with Crippen molar-refractivity contribution < 1.29 is 26.7 Å². The van der Waals surface area contributed by atoms with Gasteiger partial charge >= 0.3 is 0 Å². The van der Waals surface area contributed by atoms with Gasteiger partial charge in [0.05, 0.1) is 15.5 Å². The number of carbonyl (C=O) groups excluding carboxylic acids is 1. The zero-order valence-electron chi connectivity index (χ0n) is 20.2. The van der Waals surface area contributed by atoms with Crippen LogP contribution in [0.5, 0.6) is 5.75 Å². The van der Waals surface area contributed by atoms with Crippen molar-refractivity contribution in [2.24, 2.45) is 0 Å². The Hall–Kier alpha value is -3.36. The van der Waals surface area contributed by atoms with Crippen LogP contribution in [0.1, 0.15) is 58.2 Å². The Balaban J connectivity index is 2.13. The van der Waals surface area contributed by atoms with Crippen LogP contribution in [0, 0.1) is 11.3 Å². The van der Waals surface area contributed by atoms with Crippen molar-refractivity contribution in [3.8, 4) is 11.8 Å². The van der Waals surface area contributed by atoms with Gasteiger partial charge in [-0.3, -0.25) is 9.52 Å². The first kappa shape index (κ1) is 26.2. The molecule has 2 aromatic rings. The number of hydrogen-bond donors (Lipinski definition) is 3. The van der Waals surface area contributed by atoms with Gasteiger partial charge in [0.1, 0.15) is 17.4 Å². The van der Waals surface area contributed by atoms with Gasteiger partial charge in [-0.15, -0.1) is 0 Å². The van der Waals surface area contributed by atoms with Crippen molar-refractivity contribution >= 4 is 31.7 Å². The number of rotatable bonds is 3. The number of aromatic hydroxyl groups is 1. The quantitative estimate of drug-likeness (QED) is 0.418. The summed E-state index contributed by atoms with van der Waals surface area (Å²) in [5.41, 5.74) is -1.41. The highest BCUT2D eigenvalue weighted by atomic mass is 32.2. The van der Waals surface area contributed by atoms with Crippen molar-refractivity contribution in [1.29, 1.82) is 5.26 Å². The molecule has 1 aliphatic heterocycles. The number of carbonyl (C=O) groups is 1. The zero-order chi connectivity index (χ0) is 26.6. The largest absolute Gasteiger partial charge is 0.507 e. The average molecular weight is 518 g/mol. The van der Waals surface area contributed by atoms with E-state index in [2.05, 4.69) is 4.72 Å². The van der Waals surface area contributed by atoms with E-state index in [4.69, 9.17) is 0 Å². The van der Waals surface area contributed by atoms with E-state index in [1.807, 2.05) is 46.3 Å². The molecule has 2 aromatic carbocycles. The second kappa shape index (κ2) is 8.39. The van der Waals surface area contributed by atoms with E-state index >= 15 is 0 Å². The second-order valence-electron chi connectivity index (χ2n) is 10.3. The summed E-state index contributed by atoms with van der Waals surface area (Å²) in [6, 6.07) is 9.92. The number of sulfonamides is 2. The SMILES string of the molecule is CC(C)(C)c1cc(S(=O)(=O)NC(=O)C(C#N)=C2NS(=O)(=O)c3ccccc32)cc(C(C)(C)C)c1O. The predicted octanol–water partition coefficient (Wildman–Crippen LogP) is 3.02. The van der Waals surface area contributed by atoms with Crippen LogP contribution in [0.25, 0.3) is 5.70 Å². The van der Waals surface area contributed by atoms with E-state index in [1.54, 1.807) is 6.07 Å². The highest BCUT2D eigenvalue weighted by Gasteiger charge is 2.35. The van der Waals surface area contributed by atoms with Gasteiger partial charge in [-0.25, -0.2) is 21.6 Å². The summed E-state index contributed by atoms with van der Waals surface area (Å²) in [6.07, 6.45) is 0. The lowest BCUT2D eigenvalue weighted by Crippen LogP contribution is -2.33. The highest BCUT2D eigenvalue weighted by Crippen LogP contribution is 2.40. The lowest BCUT2D eigenvalue weighted by atomic mass is 9.79. The third kappa shape index (κ3) is 4.90.